The molecule has 2 heterocycles. The van der Waals surface area contributed by atoms with E-state index in [0.29, 0.717) is 17.2 Å². The van der Waals surface area contributed by atoms with Gasteiger partial charge in [0.1, 0.15) is 12.3 Å². The van der Waals surface area contributed by atoms with Crippen LogP contribution in [0.2, 0.25) is 0 Å². The van der Waals surface area contributed by atoms with Crippen LogP contribution in [0.5, 0.6) is 0 Å². The molecule has 0 aliphatic rings. The fourth-order valence-corrected chi connectivity index (χ4v) is 2.21. The molecule has 0 unspecified atom stereocenters. The first-order chi connectivity index (χ1) is 11.8. The van der Waals surface area contributed by atoms with Gasteiger partial charge in [-0.25, -0.2) is 14.3 Å². The maximum atomic E-state index is 12.0. The molecular weight excluding hydrogens is 328 g/mol. The summed E-state index contributed by atoms with van der Waals surface area (Å²) in [4.78, 5) is 26.4. The second kappa shape index (κ2) is 6.00. The van der Waals surface area contributed by atoms with Gasteiger partial charge in [0.25, 0.3) is 5.69 Å². The minimum absolute atomic E-state index is 0.0464. The van der Waals surface area contributed by atoms with Gasteiger partial charge in [-0.2, -0.15) is 0 Å². The fourth-order valence-electron chi connectivity index (χ4n) is 2.21. The van der Waals surface area contributed by atoms with E-state index >= 15 is 0 Å². The highest BCUT2D eigenvalue weighted by atomic mass is 16.6. The third kappa shape index (κ3) is 3.35. The standard InChI is InChI=1S/C16H16N4O5/c1-16(2,3)12-8-17-13(24-12)9-19-14(18-25-15(19)21)10-4-6-11(7-5-10)20(22)23/h4-8H,9H2,1-3H3. The smallest absolute Gasteiger partial charge is 0.442 e. The molecule has 0 aliphatic heterocycles. The van der Waals surface area contributed by atoms with Gasteiger partial charge in [-0.05, 0) is 12.1 Å². The molecule has 0 N–H and O–H groups in total. The van der Waals surface area contributed by atoms with Gasteiger partial charge in [-0.1, -0.05) is 25.9 Å². The summed E-state index contributed by atoms with van der Waals surface area (Å²) in [5.41, 5.74) is 0.259. The summed E-state index contributed by atoms with van der Waals surface area (Å²) >= 11 is 0. The summed E-state index contributed by atoms with van der Waals surface area (Å²) in [5.74, 6) is 0.626. The van der Waals surface area contributed by atoms with Crippen molar-refractivity contribution in [1.82, 2.24) is 14.7 Å². The molecule has 1 aromatic carbocycles. The van der Waals surface area contributed by atoms with E-state index in [-0.39, 0.29) is 23.5 Å². The third-order valence-corrected chi connectivity index (χ3v) is 3.61. The van der Waals surface area contributed by atoms with Gasteiger partial charge in [-0.3, -0.25) is 14.6 Å². The van der Waals surface area contributed by atoms with Gasteiger partial charge >= 0.3 is 5.76 Å². The van der Waals surface area contributed by atoms with Crippen LogP contribution in [0.15, 0.2) is 44.2 Å². The van der Waals surface area contributed by atoms with E-state index in [9.17, 15) is 14.9 Å². The van der Waals surface area contributed by atoms with Gasteiger partial charge < -0.3 is 4.42 Å². The lowest BCUT2D eigenvalue weighted by atomic mass is 9.94. The van der Waals surface area contributed by atoms with Crippen molar-refractivity contribution >= 4 is 5.69 Å². The minimum atomic E-state index is -0.663. The van der Waals surface area contributed by atoms with Crippen LogP contribution < -0.4 is 5.76 Å². The zero-order chi connectivity index (χ0) is 18.2. The normalized spacial score (nSPS) is 11.6. The van der Waals surface area contributed by atoms with Gasteiger partial charge in [0, 0.05) is 23.1 Å². The highest BCUT2D eigenvalue weighted by Crippen LogP contribution is 2.24. The lowest BCUT2D eigenvalue weighted by Crippen LogP contribution is -2.16. The number of non-ortho nitro benzene ring substituents is 1. The molecule has 3 rings (SSSR count). The number of hydrogen-bond acceptors (Lipinski definition) is 7. The SMILES string of the molecule is CC(C)(C)c1cnc(Cn2c(-c3ccc([N+](=O)[O-])cc3)noc2=O)o1. The Labute approximate surface area is 142 Å². The Hall–Kier alpha value is -3.23. The van der Waals surface area contributed by atoms with E-state index in [2.05, 4.69) is 10.1 Å². The molecule has 9 nitrogen and oxygen atoms in total. The first kappa shape index (κ1) is 16.6. The summed E-state index contributed by atoms with van der Waals surface area (Å²) in [6.07, 6.45) is 1.62. The first-order valence-corrected chi connectivity index (χ1v) is 7.52. The van der Waals surface area contributed by atoms with E-state index in [1.54, 1.807) is 6.20 Å². The number of aromatic nitrogens is 3. The second-order valence-corrected chi connectivity index (χ2v) is 6.53. The first-order valence-electron chi connectivity index (χ1n) is 7.52. The molecular formula is C16H16N4O5. The second-order valence-electron chi connectivity index (χ2n) is 6.53. The Balaban J connectivity index is 1.93. The lowest BCUT2D eigenvalue weighted by molar-refractivity contribution is -0.384. The topological polar surface area (TPSA) is 117 Å². The molecule has 0 saturated carbocycles. The molecule has 9 heteroatoms. The van der Waals surface area contributed by atoms with Crippen molar-refractivity contribution in [2.75, 3.05) is 0 Å². The minimum Gasteiger partial charge on any atom is -0.443 e. The number of nitro groups is 1. The molecule has 0 amide bonds. The van der Waals surface area contributed by atoms with Crippen LogP contribution in [0.3, 0.4) is 0 Å². The van der Waals surface area contributed by atoms with Crippen molar-refractivity contribution < 1.29 is 13.9 Å². The average Bonchev–Trinajstić information content (AvgIpc) is 3.16. The van der Waals surface area contributed by atoms with E-state index in [4.69, 9.17) is 8.94 Å². The predicted octanol–water partition coefficient (Wildman–Crippen LogP) is 2.75. The summed E-state index contributed by atoms with van der Waals surface area (Å²) in [7, 11) is 0. The highest BCUT2D eigenvalue weighted by Gasteiger charge is 2.21. The van der Waals surface area contributed by atoms with Gasteiger partial charge in [0.15, 0.2) is 5.82 Å². The Morgan fingerprint density at radius 3 is 2.48 bits per heavy atom. The number of rotatable bonds is 4. The van der Waals surface area contributed by atoms with E-state index in [1.807, 2.05) is 20.8 Å². The molecule has 0 aliphatic carbocycles. The van der Waals surface area contributed by atoms with Crippen LogP contribution >= 0.6 is 0 Å². The summed E-state index contributed by atoms with van der Waals surface area (Å²) in [6.45, 7) is 6.02. The van der Waals surface area contributed by atoms with Crippen molar-refractivity contribution in [2.24, 2.45) is 0 Å². The Bertz CT molecular complexity index is 960. The maximum Gasteiger partial charge on any atom is 0.442 e. The van der Waals surface area contributed by atoms with Crippen molar-refractivity contribution in [3.63, 3.8) is 0 Å². The van der Waals surface area contributed by atoms with Crippen LogP contribution in [0.4, 0.5) is 5.69 Å². The molecule has 130 valence electrons. The summed E-state index contributed by atoms with van der Waals surface area (Å²) in [5, 5.41) is 14.5. The predicted molar refractivity (Wildman–Crippen MR) is 87.2 cm³/mol. The van der Waals surface area contributed by atoms with Crippen LogP contribution in [0.1, 0.15) is 32.4 Å². The molecule has 3 aromatic rings. The van der Waals surface area contributed by atoms with E-state index < -0.39 is 10.7 Å². The van der Waals surface area contributed by atoms with Gasteiger partial charge in [0.05, 0.1) is 11.1 Å². The van der Waals surface area contributed by atoms with Crippen molar-refractivity contribution in [3.8, 4) is 11.4 Å². The van der Waals surface area contributed by atoms with Crippen molar-refractivity contribution in [1.29, 1.82) is 0 Å². The molecule has 0 saturated heterocycles. The number of hydrogen-bond donors (Lipinski definition) is 0. The fraction of sp³-hybridized carbons (Fsp3) is 0.312. The molecule has 25 heavy (non-hydrogen) atoms. The van der Waals surface area contributed by atoms with Crippen LogP contribution in [0.25, 0.3) is 11.4 Å². The highest BCUT2D eigenvalue weighted by molar-refractivity contribution is 5.57. The monoisotopic (exact) mass is 344 g/mol. The number of benzene rings is 1. The van der Waals surface area contributed by atoms with E-state index in [1.165, 1.54) is 28.8 Å². The Morgan fingerprint density at radius 2 is 1.92 bits per heavy atom. The van der Waals surface area contributed by atoms with E-state index in [0.717, 1.165) is 0 Å². The van der Waals surface area contributed by atoms with Crippen LogP contribution in [-0.2, 0) is 12.0 Å². The molecule has 2 aromatic heterocycles. The van der Waals surface area contributed by atoms with Crippen molar-refractivity contribution in [3.05, 3.63) is 62.8 Å². The maximum absolute atomic E-state index is 12.0. The van der Waals surface area contributed by atoms with Gasteiger partial charge in [-0.15, -0.1) is 0 Å². The number of nitro benzene ring substituents is 1. The quantitative estimate of drug-likeness (QED) is 0.527. The average molecular weight is 344 g/mol. The Kier molecular flexibility index (Phi) is 3.99. The summed E-state index contributed by atoms with van der Waals surface area (Å²) in [6, 6.07) is 5.67. The lowest BCUT2D eigenvalue weighted by Gasteiger charge is -2.13. The zero-order valence-electron chi connectivity index (χ0n) is 13.9. The zero-order valence-corrected chi connectivity index (χ0v) is 13.9. The van der Waals surface area contributed by atoms with Crippen molar-refractivity contribution in [2.45, 2.75) is 32.7 Å². The number of oxazole rings is 1. The number of nitrogens with zero attached hydrogens (tertiary/aromatic N) is 4. The third-order valence-electron chi connectivity index (χ3n) is 3.61. The molecule has 0 radical (unpaired) electrons. The largest absolute Gasteiger partial charge is 0.443 e. The summed E-state index contributed by atoms with van der Waals surface area (Å²) < 4.78 is 11.7. The van der Waals surface area contributed by atoms with Crippen LogP contribution in [-0.4, -0.2) is 19.6 Å². The van der Waals surface area contributed by atoms with Gasteiger partial charge in [0.2, 0.25) is 5.89 Å². The molecule has 0 bridgehead atoms. The van der Waals surface area contributed by atoms with Crippen LogP contribution in [0, 0.1) is 10.1 Å². The molecule has 0 spiro atoms. The Morgan fingerprint density at radius 1 is 1.24 bits per heavy atom. The molecule has 0 fully saturated rings. The molecule has 0 atom stereocenters.